The van der Waals surface area contributed by atoms with Crippen molar-refractivity contribution in [2.24, 2.45) is 0 Å². The van der Waals surface area contributed by atoms with Crippen molar-refractivity contribution in [1.29, 1.82) is 0 Å². The van der Waals surface area contributed by atoms with Crippen LogP contribution >= 0.6 is 0 Å². The fraction of sp³-hybridized carbons (Fsp3) is 0.115. The van der Waals surface area contributed by atoms with E-state index < -0.39 is 0 Å². The van der Waals surface area contributed by atoms with Crippen LogP contribution in [-0.4, -0.2) is 4.98 Å². The number of nitrogens with zero attached hydrogens (tertiary/aromatic N) is 1. The molecular weight excluding hydrogens is 326 g/mol. The van der Waals surface area contributed by atoms with Gasteiger partial charge in [0.2, 0.25) is 0 Å². The quantitative estimate of drug-likeness (QED) is 0.388. The predicted octanol–water partition coefficient (Wildman–Crippen LogP) is 7.01. The van der Waals surface area contributed by atoms with E-state index in [4.69, 9.17) is 0 Å². The van der Waals surface area contributed by atoms with E-state index in [1.165, 1.54) is 44.5 Å². The van der Waals surface area contributed by atoms with Gasteiger partial charge >= 0.3 is 0 Å². The van der Waals surface area contributed by atoms with Gasteiger partial charge < -0.3 is 0 Å². The van der Waals surface area contributed by atoms with Gasteiger partial charge in [0.15, 0.2) is 0 Å². The molecule has 0 aliphatic heterocycles. The maximum Gasteiger partial charge on any atom is 0.0707 e. The molecule has 0 aliphatic carbocycles. The summed E-state index contributed by atoms with van der Waals surface area (Å²) in [6, 6.07) is 27.8. The third kappa shape index (κ3) is 3.29. The molecule has 4 aromatic rings. The molecule has 0 saturated carbocycles. The van der Waals surface area contributed by atoms with Crippen LogP contribution < -0.4 is 0 Å². The van der Waals surface area contributed by atoms with E-state index >= 15 is 0 Å². The highest BCUT2D eigenvalue weighted by Gasteiger charge is 2.15. The van der Waals surface area contributed by atoms with E-state index in [1.807, 2.05) is 12.3 Å². The first kappa shape index (κ1) is 17.2. The Kier molecular flexibility index (Phi) is 4.60. The van der Waals surface area contributed by atoms with Crippen LogP contribution in [-0.2, 0) is 0 Å². The van der Waals surface area contributed by atoms with Crippen LogP contribution in [0.2, 0.25) is 0 Å². The SMILES string of the molecule is Cc1cc(C)c(-c2ccccn2)c(C)c1-c1ccc(-c2ccccc2)cc1. The summed E-state index contributed by atoms with van der Waals surface area (Å²) in [5, 5.41) is 0. The van der Waals surface area contributed by atoms with Crippen LogP contribution in [0.15, 0.2) is 85.1 Å². The Balaban J connectivity index is 1.82. The Morgan fingerprint density at radius 3 is 1.81 bits per heavy atom. The summed E-state index contributed by atoms with van der Waals surface area (Å²) >= 11 is 0. The first-order chi connectivity index (χ1) is 13.1. The lowest BCUT2D eigenvalue weighted by atomic mass is 9.87. The smallest absolute Gasteiger partial charge is 0.0707 e. The third-order valence-electron chi connectivity index (χ3n) is 5.17. The molecule has 0 saturated heterocycles. The van der Waals surface area contributed by atoms with Crippen molar-refractivity contribution in [3.05, 3.63) is 102 Å². The molecule has 1 heterocycles. The lowest BCUT2D eigenvalue weighted by molar-refractivity contribution is 1.26. The van der Waals surface area contributed by atoms with Gasteiger partial charge in [-0.05, 0) is 71.8 Å². The number of hydrogen-bond donors (Lipinski definition) is 0. The Labute approximate surface area is 161 Å². The lowest BCUT2D eigenvalue weighted by Gasteiger charge is -2.18. The predicted molar refractivity (Wildman–Crippen MR) is 115 cm³/mol. The molecule has 1 aromatic heterocycles. The van der Waals surface area contributed by atoms with E-state index in [1.54, 1.807) is 0 Å². The summed E-state index contributed by atoms with van der Waals surface area (Å²) in [4.78, 5) is 4.59. The Morgan fingerprint density at radius 1 is 0.556 bits per heavy atom. The van der Waals surface area contributed by atoms with Crippen LogP contribution in [0.5, 0.6) is 0 Å². The minimum atomic E-state index is 1.04. The first-order valence-corrected chi connectivity index (χ1v) is 9.33. The van der Waals surface area contributed by atoms with Gasteiger partial charge in [-0.15, -0.1) is 0 Å². The monoisotopic (exact) mass is 349 g/mol. The van der Waals surface area contributed by atoms with Crippen molar-refractivity contribution >= 4 is 0 Å². The van der Waals surface area contributed by atoms with Crippen molar-refractivity contribution in [2.45, 2.75) is 20.8 Å². The topological polar surface area (TPSA) is 12.9 Å². The summed E-state index contributed by atoms with van der Waals surface area (Å²) in [7, 11) is 0. The van der Waals surface area contributed by atoms with Crippen LogP contribution in [0.1, 0.15) is 16.7 Å². The van der Waals surface area contributed by atoms with Crippen molar-refractivity contribution < 1.29 is 0 Å². The maximum absolute atomic E-state index is 4.59. The largest absolute Gasteiger partial charge is 0.256 e. The van der Waals surface area contributed by atoms with Gasteiger partial charge in [0.25, 0.3) is 0 Å². The number of pyridine rings is 1. The lowest BCUT2D eigenvalue weighted by Crippen LogP contribution is -1.97. The summed E-state index contributed by atoms with van der Waals surface area (Å²) < 4.78 is 0. The zero-order chi connectivity index (χ0) is 18.8. The highest BCUT2D eigenvalue weighted by Crippen LogP contribution is 2.36. The van der Waals surface area contributed by atoms with Gasteiger partial charge in [-0.1, -0.05) is 66.7 Å². The van der Waals surface area contributed by atoms with Gasteiger partial charge in [0.1, 0.15) is 0 Å². The average molecular weight is 349 g/mol. The molecule has 0 unspecified atom stereocenters. The molecule has 0 radical (unpaired) electrons. The van der Waals surface area contributed by atoms with Gasteiger partial charge in [-0.25, -0.2) is 0 Å². The Bertz CT molecular complexity index is 1060. The fourth-order valence-corrected chi connectivity index (χ4v) is 3.99. The number of benzene rings is 3. The average Bonchev–Trinajstić information content (AvgIpc) is 2.70. The van der Waals surface area contributed by atoms with Crippen molar-refractivity contribution in [3.63, 3.8) is 0 Å². The summed E-state index contributed by atoms with van der Waals surface area (Å²) in [5.74, 6) is 0. The summed E-state index contributed by atoms with van der Waals surface area (Å²) in [6.07, 6.45) is 1.86. The molecule has 0 amide bonds. The summed E-state index contributed by atoms with van der Waals surface area (Å²) in [5.41, 5.74) is 11.2. The molecule has 132 valence electrons. The molecule has 1 heteroatoms. The first-order valence-electron chi connectivity index (χ1n) is 9.33. The van der Waals surface area contributed by atoms with E-state index in [0.717, 1.165) is 5.69 Å². The molecule has 27 heavy (non-hydrogen) atoms. The molecule has 0 aliphatic rings. The zero-order valence-corrected chi connectivity index (χ0v) is 16.0. The second kappa shape index (κ2) is 7.20. The normalized spacial score (nSPS) is 10.8. The maximum atomic E-state index is 4.59. The van der Waals surface area contributed by atoms with E-state index in [0.29, 0.717) is 0 Å². The highest BCUT2D eigenvalue weighted by atomic mass is 14.7. The van der Waals surface area contributed by atoms with E-state index in [9.17, 15) is 0 Å². The van der Waals surface area contributed by atoms with Crippen LogP contribution in [0.4, 0.5) is 0 Å². The van der Waals surface area contributed by atoms with E-state index in [2.05, 4.69) is 98.6 Å². The Hall–Kier alpha value is -3.19. The third-order valence-corrected chi connectivity index (χ3v) is 5.17. The van der Waals surface area contributed by atoms with Gasteiger partial charge in [0, 0.05) is 11.8 Å². The second-order valence-electron chi connectivity index (χ2n) is 7.04. The van der Waals surface area contributed by atoms with Crippen molar-refractivity contribution in [2.75, 3.05) is 0 Å². The van der Waals surface area contributed by atoms with Crippen molar-refractivity contribution in [3.8, 4) is 33.5 Å². The van der Waals surface area contributed by atoms with Gasteiger partial charge in [-0.2, -0.15) is 0 Å². The molecule has 0 atom stereocenters. The zero-order valence-electron chi connectivity index (χ0n) is 16.0. The highest BCUT2D eigenvalue weighted by molar-refractivity contribution is 5.82. The molecule has 1 nitrogen and oxygen atoms in total. The standard InChI is InChI=1S/C26H23N/c1-18-17-19(2)26(24-11-7-8-16-27-24)20(3)25(18)23-14-12-22(13-15-23)21-9-5-4-6-10-21/h4-17H,1-3H3. The molecule has 0 fully saturated rings. The van der Waals surface area contributed by atoms with E-state index in [-0.39, 0.29) is 0 Å². The Morgan fingerprint density at radius 2 is 1.15 bits per heavy atom. The number of rotatable bonds is 3. The number of aryl methyl sites for hydroxylation is 2. The number of aromatic nitrogens is 1. The number of hydrogen-bond acceptors (Lipinski definition) is 1. The van der Waals surface area contributed by atoms with Gasteiger partial charge in [-0.3, -0.25) is 4.98 Å². The molecule has 3 aromatic carbocycles. The molecule has 0 spiro atoms. The minimum Gasteiger partial charge on any atom is -0.256 e. The molecule has 4 rings (SSSR count). The minimum absolute atomic E-state index is 1.04. The van der Waals surface area contributed by atoms with Crippen molar-refractivity contribution in [1.82, 2.24) is 4.98 Å². The van der Waals surface area contributed by atoms with Crippen LogP contribution in [0.3, 0.4) is 0 Å². The fourth-order valence-electron chi connectivity index (χ4n) is 3.99. The second-order valence-corrected chi connectivity index (χ2v) is 7.04. The van der Waals surface area contributed by atoms with Gasteiger partial charge in [0.05, 0.1) is 5.69 Å². The molecule has 0 N–H and O–H groups in total. The van der Waals surface area contributed by atoms with Crippen LogP contribution in [0.25, 0.3) is 33.5 Å². The molecular formula is C26H23N. The summed E-state index contributed by atoms with van der Waals surface area (Å²) in [6.45, 7) is 6.58. The van der Waals surface area contributed by atoms with Crippen LogP contribution in [0, 0.1) is 20.8 Å². The molecule has 0 bridgehead atoms.